The summed E-state index contributed by atoms with van der Waals surface area (Å²) in [6.07, 6.45) is -0.247. The summed E-state index contributed by atoms with van der Waals surface area (Å²) >= 11 is 3.39. The van der Waals surface area contributed by atoms with Crippen LogP contribution < -0.4 is 11.1 Å². The smallest absolute Gasteiger partial charge is 0.410 e. The van der Waals surface area contributed by atoms with Crippen LogP contribution in [0.25, 0.3) is 0 Å². The van der Waals surface area contributed by atoms with Crippen LogP contribution in [0, 0.1) is 0 Å². The maximum absolute atomic E-state index is 11.8. The lowest BCUT2D eigenvalue weighted by molar-refractivity contribution is 0.00519. The molecule has 1 amide bonds. The van der Waals surface area contributed by atoms with Gasteiger partial charge >= 0.3 is 6.09 Å². The van der Waals surface area contributed by atoms with Crippen LogP contribution in [0.3, 0.4) is 0 Å². The number of nitrogen functional groups attached to an aromatic ring is 1. The molecule has 1 aliphatic heterocycles. The van der Waals surface area contributed by atoms with Gasteiger partial charge in [0.1, 0.15) is 5.60 Å². The van der Waals surface area contributed by atoms with E-state index in [1.807, 2.05) is 39.0 Å². The van der Waals surface area contributed by atoms with Gasteiger partial charge in [0.25, 0.3) is 0 Å². The molecule has 0 unspecified atom stereocenters. The van der Waals surface area contributed by atoms with Gasteiger partial charge in [-0.15, -0.1) is 0 Å². The molecule has 1 saturated heterocycles. The zero-order chi connectivity index (χ0) is 15.6. The van der Waals surface area contributed by atoms with Crippen LogP contribution in [0.4, 0.5) is 10.5 Å². The third-order valence-corrected chi connectivity index (χ3v) is 3.72. The summed E-state index contributed by atoms with van der Waals surface area (Å²) in [6.45, 7) is 7.66. The van der Waals surface area contributed by atoms with Gasteiger partial charge in [0.2, 0.25) is 0 Å². The lowest BCUT2D eigenvalue weighted by Crippen LogP contribution is -2.60. The van der Waals surface area contributed by atoms with Crippen molar-refractivity contribution in [2.24, 2.45) is 0 Å². The Labute approximate surface area is 134 Å². The summed E-state index contributed by atoms with van der Waals surface area (Å²) in [7, 11) is 0. The van der Waals surface area contributed by atoms with E-state index in [4.69, 9.17) is 10.5 Å². The molecule has 0 aliphatic carbocycles. The van der Waals surface area contributed by atoms with Gasteiger partial charge in [-0.2, -0.15) is 0 Å². The van der Waals surface area contributed by atoms with Gasteiger partial charge in [-0.3, -0.25) is 0 Å². The molecule has 0 atom stereocenters. The van der Waals surface area contributed by atoms with Crippen LogP contribution in [-0.4, -0.2) is 35.7 Å². The van der Waals surface area contributed by atoms with Crippen LogP contribution in [0.1, 0.15) is 26.3 Å². The maximum atomic E-state index is 11.8. The third-order valence-electron chi connectivity index (χ3n) is 3.22. The molecule has 1 aromatic rings. The number of carbonyl (C=O) groups is 1. The predicted octanol–water partition coefficient (Wildman–Crippen LogP) is 2.74. The molecule has 0 aromatic heterocycles. The van der Waals surface area contributed by atoms with Crippen LogP contribution in [-0.2, 0) is 11.3 Å². The second-order valence-electron chi connectivity index (χ2n) is 6.31. The first-order chi connectivity index (χ1) is 9.74. The molecule has 116 valence electrons. The van der Waals surface area contributed by atoms with E-state index in [-0.39, 0.29) is 6.09 Å². The fraction of sp³-hybridized carbons (Fsp3) is 0.533. The lowest BCUT2D eigenvalue weighted by atomic mass is 10.1. The summed E-state index contributed by atoms with van der Waals surface area (Å²) in [5.74, 6) is 0. The number of rotatable bonds is 3. The van der Waals surface area contributed by atoms with Crippen molar-refractivity contribution in [2.45, 2.75) is 39.0 Å². The number of amides is 1. The molecule has 0 spiro atoms. The molecule has 6 heteroatoms. The van der Waals surface area contributed by atoms with Crippen molar-refractivity contribution >= 4 is 27.7 Å². The minimum Gasteiger partial charge on any atom is -0.444 e. The topological polar surface area (TPSA) is 67.6 Å². The zero-order valence-corrected chi connectivity index (χ0v) is 14.2. The third kappa shape index (κ3) is 4.61. The number of nitrogens with zero attached hydrogens (tertiary/aromatic N) is 1. The number of hydrogen-bond donors (Lipinski definition) is 2. The highest BCUT2D eigenvalue weighted by Crippen LogP contribution is 2.19. The Bertz CT molecular complexity index is 522. The van der Waals surface area contributed by atoms with Gasteiger partial charge in [-0.05, 0) is 38.5 Å². The van der Waals surface area contributed by atoms with E-state index in [0.29, 0.717) is 25.7 Å². The average molecular weight is 356 g/mol. The second-order valence-corrected chi connectivity index (χ2v) is 7.22. The lowest BCUT2D eigenvalue weighted by Gasteiger charge is -2.40. The molecule has 0 saturated carbocycles. The zero-order valence-electron chi connectivity index (χ0n) is 12.6. The Morgan fingerprint density at radius 2 is 2.14 bits per heavy atom. The van der Waals surface area contributed by atoms with Crippen molar-refractivity contribution in [3.05, 3.63) is 28.2 Å². The fourth-order valence-electron chi connectivity index (χ4n) is 2.06. The number of anilines is 1. The molecular formula is C15H22BrN3O2. The number of hydrogen-bond acceptors (Lipinski definition) is 4. The Hall–Kier alpha value is -1.27. The van der Waals surface area contributed by atoms with E-state index in [1.165, 1.54) is 0 Å². The SMILES string of the molecule is CC(C)(C)OC(=O)N1CC(NCc2ccc(Br)cc2N)C1. The first-order valence-corrected chi connectivity index (χ1v) is 7.79. The summed E-state index contributed by atoms with van der Waals surface area (Å²) in [5, 5.41) is 3.40. The number of nitrogens with two attached hydrogens (primary N) is 1. The van der Waals surface area contributed by atoms with E-state index in [0.717, 1.165) is 15.7 Å². The summed E-state index contributed by atoms with van der Waals surface area (Å²) in [6, 6.07) is 6.16. The Kier molecular flexibility index (Phi) is 4.78. The van der Waals surface area contributed by atoms with Gasteiger partial charge in [0, 0.05) is 35.8 Å². The molecule has 21 heavy (non-hydrogen) atoms. The van der Waals surface area contributed by atoms with Gasteiger partial charge in [0.15, 0.2) is 0 Å². The van der Waals surface area contributed by atoms with Gasteiger partial charge < -0.3 is 20.7 Å². The molecule has 1 aliphatic rings. The Balaban J connectivity index is 1.75. The molecule has 1 heterocycles. The number of nitrogens with one attached hydrogen (secondary N) is 1. The predicted molar refractivity (Wildman–Crippen MR) is 87.0 cm³/mol. The number of ether oxygens (including phenoxy) is 1. The van der Waals surface area contributed by atoms with Crippen molar-refractivity contribution in [1.82, 2.24) is 10.2 Å². The molecular weight excluding hydrogens is 334 g/mol. The maximum Gasteiger partial charge on any atom is 0.410 e. The molecule has 0 bridgehead atoms. The monoisotopic (exact) mass is 355 g/mol. The standard InChI is InChI=1S/C15H22BrN3O2/c1-15(2,3)21-14(20)19-8-12(9-19)18-7-10-4-5-11(16)6-13(10)17/h4-6,12,18H,7-9,17H2,1-3H3. The van der Waals surface area contributed by atoms with E-state index >= 15 is 0 Å². The Morgan fingerprint density at radius 3 is 2.71 bits per heavy atom. The largest absolute Gasteiger partial charge is 0.444 e. The van der Waals surface area contributed by atoms with E-state index in [1.54, 1.807) is 4.90 Å². The normalized spacial score (nSPS) is 15.7. The highest BCUT2D eigenvalue weighted by atomic mass is 79.9. The number of carbonyl (C=O) groups excluding carboxylic acids is 1. The van der Waals surface area contributed by atoms with E-state index in [2.05, 4.69) is 21.2 Å². The molecule has 2 rings (SSSR count). The number of benzene rings is 1. The molecule has 1 aromatic carbocycles. The van der Waals surface area contributed by atoms with E-state index < -0.39 is 5.60 Å². The van der Waals surface area contributed by atoms with Crippen LogP contribution in [0.15, 0.2) is 22.7 Å². The second kappa shape index (κ2) is 6.23. The van der Waals surface area contributed by atoms with Crippen molar-refractivity contribution in [3.8, 4) is 0 Å². The van der Waals surface area contributed by atoms with Crippen molar-refractivity contribution in [1.29, 1.82) is 0 Å². The summed E-state index contributed by atoms with van der Waals surface area (Å²) in [5.41, 5.74) is 7.34. The molecule has 3 N–H and O–H groups in total. The van der Waals surface area contributed by atoms with Gasteiger partial charge in [0.05, 0.1) is 0 Å². The van der Waals surface area contributed by atoms with Crippen molar-refractivity contribution < 1.29 is 9.53 Å². The first kappa shape index (κ1) is 16.1. The highest BCUT2D eigenvalue weighted by molar-refractivity contribution is 9.10. The summed E-state index contributed by atoms with van der Waals surface area (Å²) < 4.78 is 6.29. The number of halogens is 1. The van der Waals surface area contributed by atoms with Crippen LogP contribution in [0.2, 0.25) is 0 Å². The molecule has 0 radical (unpaired) electrons. The molecule has 1 fully saturated rings. The van der Waals surface area contributed by atoms with Crippen LogP contribution >= 0.6 is 15.9 Å². The quantitative estimate of drug-likeness (QED) is 0.818. The average Bonchev–Trinajstić information content (AvgIpc) is 2.27. The number of likely N-dealkylation sites (tertiary alicyclic amines) is 1. The van der Waals surface area contributed by atoms with Crippen molar-refractivity contribution in [3.63, 3.8) is 0 Å². The van der Waals surface area contributed by atoms with E-state index in [9.17, 15) is 4.79 Å². The van der Waals surface area contributed by atoms with Gasteiger partial charge in [-0.25, -0.2) is 4.79 Å². The minimum absolute atomic E-state index is 0.247. The molecule has 5 nitrogen and oxygen atoms in total. The van der Waals surface area contributed by atoms with Gasteiger partial charge in [-0.1, -0.05) is 22.0 Å². The highest BCUT2D eigenvalue weighted by Gasteiger charge is 2.33. The van der Waals surface area contributed by atoms with Crippen LogP contribution in [0.5, 0.6) is 0 Å². The fourth-order valence-corrected chi connectivity index (χ4v) is 2.44. The van der Waals surface area contributed by atoms with Crippen molar-refractivity contribution in [2.75, 3.05) is 18.8 Å². The first-order valence-electron chi connectivity index (χ1n) is 7.00. The Morgan fingerprint density at radius 1 is 1.48 bits per heavy atom. The minimum atomic E-state index is -0.443. The summed E-state index contributed by atoms with van der Waals surface area (Å²) in [4.78, 5) is 13.5.